The maximum Gasteiger partial charge on any atom is 0.119 e. The Balaban J connectivity index is 2.14. The fourth-order valence-electron chi connectivity index (χ4n) is 1.95. The van der Waals surface area contributed by atoms with Crippen molar-refractivity contribution in [3.05, 3.63) is 29.8 Å². The second-order valence-electron chi connectivity index (χ2n) is 4.18. The lowest BCUT2D eigenvalue weighted by Gasteiger charge is -2.12. The Morgan fingerprint density at radius 1 is 1.50 bits per heavy atom. The molecule has 2 nitrogen and oxygen atoms in total. The molecule has 14 heavy (non-hydrogen) atoms. The first-order valence-electron chi connectivity index (χ1n) is 5.12. The van der Waals surface area contributed by atoms with E-state index in [9.17, 15) is 0 Å². The molecular formula is C12H17NO. The van der Waals surface area contributed by atoms with Crippen LogP contribution in [0, 0.1) is 11.8 Å². The van der Waals surface area contributed by atoms with Gasteiger partial charge in [0.25, 0.3) is 0 Å². The van der Waals surface area contributed by atoms with Gasteiger partial charge in [0, 0.05) is 6.04 Å². The topological polar surface area (TPSA) is 35.2 Å². The Hall–Kier alpha value is -1.02. The molecule has 3 unspecified atom stereocenters. The molecule has 0 saturated heterocycles. The summed E-state index contributed by atoms with van der Waals surface area (Å²) in [5.41, 5.74) is 7.35. The Morgan fingerprint density at radius 2 is 2.21 bits per heavy atom. The van der Waals surface area contributed by atoms with Crippen LogP contribution in [0.15, 0.2) is 24.3 Å². The molecule has 1 aromatic carbocycles. The number of hydrogen-bond donors (Lipinski definition) is 1. The SMILES string of the molecule is COc1cccc(C(N)C2CC2C)c1. The van der Waals surface area contributed by atoms with Gasteiger partial charge in [0.2, 0.25) is 0 Å². The number of rotatable bonds is 3. The molecule has 1 saturated carbocycles. The first-order valence-corrected chi connectivity index (χ1v) is 5.12. The molecule has 1 fully saturated rings. The van der Waals surface area contributed by atoms with E-state index in [1.807, 2.05) is 18.2 Å². The highest BCUT2D eigenvalue weighted by atomic mass is 16.5. The normalized spacial score (nSPS) is 27.1. The smallest absolute Gasteiger partial charge is 0.119 e. The van der Waals surface area contributed by atoms with Crippen LogP contribution in [-0.2, 0) is 0 Å². The Bertz CT molecular complexity index is 324. The van der Waals surface area contributed by atoms with E-state index in [0.29, 0.717) is 5.92 Å². The molecule has 2 heteroatoms. The fraction of sp³-hybridized carbons (Fsp3) is 0.500. The number of methoxy groups -OCH3 is 1. The molecule has 0 amide bonds. The van der Waals surface area contributed by atoms with Gasteiger partial charge < -0.3 is 10.5 Å². The highest BCUT2D eigenvalue weighted by Crippen LogP contribution is 2.45. The minimum absolute atomic E-state index is 0.181. The first-order chi connectivity index (χ1) is 6.72. The van der Waals surface area contributed by atoms with Crippen molar-refractivity contribution in [3.63, 3.8) is 0 Å². The van der Waals surface area contributed by atoms with E-state index >= 15 is 0 Å². The zero-order chi connectivity index (χ0) is 10.1. The summed E-state index contributed by atoms with van der Waals surface area (Å²) in [6.45, 7) is 2.25. The number of benzene rings is 1. The molecule has 0 heterocycles. The average Bonchev–Trinajstić information content (AvgIpc) is 2.94. The highest BCUT2D eigenvalue weighted by Gasteiger charge is 2.38. The van der Waals surface area contributed by atoms with Gasteiger partial charge in [-0.3, -0.25) is 0 Å². The van der Waals surface area contributed by atoms with Crippen molar-refractivity contribution in [1.29, 1.82) is 0 Å². The van der Waals surface area contributed by atoms with Crippen LogP contribution >= 0.6 is 0 Å². The van der Waals surface area contributed by atoms with Crippen LogP contribution in [0.1, 0.15) is 24.9 Å². The Morgan fingerprint density at radius 3 is 2.79 bits per heavy atom. The van der Waals surface area contributed by atoms with E-state index in [0.717, 1.165) is 11.7 Å². The van der Waals surface area contributed by atoms with E-state index in [-0.39, 0.29) is 6.04 Å². The zero-order valence-electron chi connectivity index (χ0n) is 8.73. The molecule has 2 rings (SSSR count). The molecule has 76 valence electrons. The van der Waals surface area contributed by atoms with Gasteiger partial charge in [-0.15, -0.1) is 0 Å². The van der Waals surface area contributed by atoms with Crippen LogP contribution in [0.4, 0.5) is 0 Å². The summed E-state index contributed by atoms with van der Waals surface area (Å²) in [7, 11) is 1.68. The van der Waals surface area contributed by atoms with Crippen LogP contribution in [0.25, 0.3) is 0 Å². The number of nitrogens with two attached hydrogens (primary N) is 1. The van der Waals surface area contributed by atoms with Crippen LogP contribution in [0.3, 0.4) is 0 Å². The summed E-state index contributed by atoms with van der Waals surface area (Å²) < 4.78 is 5.18. The molecule has 0 bridgehead atoms. The van der Waals surface area contributed by atoms with E-state index in [4.69, 9.17) is 10.5 Å². The lowest BCUT2D eigenvalue weighted by Crippen LogP contribution is -2.13. The van der Waals surface area contributed by atoms with E-state index in [1.165, 1.54) is 12.0 Å². The third-order valence-electron chi connectivity index (χ3n) is 3.11. The van der Waals surface area contributed by atoms with E-state index in [2.05, 4.69) is 13.0 Å². The molecular weight excluding hydrogens is 174 g/mol. The van der Waals surface area contributed by atoms with Crippen LogP contribution in [0.2, 0.25) is 0 Å². The summed E-state index contributed by atoms with van der Waals surface area (Å²) in [5.74, 6) is 2.35. The van der Waals surface area contributed by atoms with Gasteiger partial charge in [0.15, 0.2) is 0 Å². The second kappa shape index (κ2) is 3.62. The van der Waals surface area contributed by atoms with Crippen molar-refractivity contribution in [2.75, 3.05) is 7.11 Å². The summed E-state index contributed by atoms with van der Waals surface area (Å²) in [6, 6.07) is 8.25. The van der Waals surface area contributed by atoms with Crippen molar-refractivity contribution >= 4 is 0 Å². The molecule has 1 aliphatic rings. The molecule has 0 aliphatic heterocycles. The quantitative estimate of drug-likeness (QED) is 0.796. The predicted molar refractivity (Wildman–Crippen MR) is 57.2 cm³/mol. The van der Waals surface area contributed by atoms with Gasteiger partial charge in [0.05, 0.1) is 7.11 Å². The van der Waals surface area contributed by atoms with Gasteiger partial charge in [-0.1, -0.05) is 19.1 Å². The van der Waals surface area contributed by atoms with Gasteiger partial charge in [0.1, 0.15) is 5.75 Å². The van der Waals surface area contributed by atoms with Gasteiger partial charge in [-0.05, 0) is 36.0 Å². The van der Waals surface area contributed by atoms with Crippen molar-refractivity contribution in [2.45, 2.75) is 19.4 Å². The minimum Gasteiger partial charge on any atom is -0.497 e. The van der Waals surface area contributed by atoms with Crippen LogP contribution in [0.5, 0.6) is 5.75 Å². The Kier molecular flexibility index (Phi) is 2.46. The van der Waals surface area contributed by atoms with Crippen molar-refractivity contribution in [3.8, 4) is 5.75 Å². The maximum absolute atomic E-state index is 6.16. The van der Waals surface area contributed by atoms with Crippen LogP contribution < -0.4 is 10.5 Å². The van der Waals surface area contributed by atoms with Crippen molar-refractivity contribution in [2.24, 2.45) is 17.6 Å². The molecule has 2 N–H and O–H groups in total. The lowest BCUT2D eigenvalue weighted by atomic mass is 10.0. The predicted octanol–water partition coefficient (Wildman–Crippen LogP) is 2.35. The number of hydrogen-bond acceptors (Lipinski definition) is 2. The molecule has 3 atom stereocenters. The molecule has 0 spiro atoms. The first kappa shape index (κ1) is 9.53. The van der Waals surface area contributed by atoms with E-state index in [1.54, 1.807) is 7.11 Å². The summed E-state index contributed by atoms with van der Waals surface area (Å²) in [4.78, 5) is 0. The van der Waals surface area contributed by atoms with Crippen molar-refractivity contribution < 1.29 is 4.74 Å². The second-order valence-corrected chi connectivity index (χ2v) is 4.18. The van der Waals surface area contributed by atoms with Gasteiger partial charge in [-0.25, -0.2) is 0 Å². The van der Waals surface area contributed by atoms with E-state index < -0.39 is 0 Å². The molecule has 1 aromatic rings. The average molecular weight is 191 g/mol. The summed E-state index contributed by atoms with van der Waals surface area (Å²) in [6.07, 6.45) is 1.26. The highest BCUT2D eigenvalue weighted by molar-refractivity contribution is 5.31. The van der Waals surface area contributed by atoms with Gasteiger partial charge in [-0.2, -0.15) is 0 Å². The Labute approximate surface area is 85.1 Å². The number of ether oxygens (including phenoxy) is 1. The zero-order valence-corrected chi connectivity index (χ0v) is 8.73. The fourth-order valence-corrected chi connectivity index (χ4v) is 1.95. The molecule has 1 aliphatic carbocycles. The summed E-state index contributed by atoms with van der Waals surface area (Å²) >= 11 is 0. The van der Waals surface area contributed by atoms with Crippen molar-refractivity contribution in [1.82, 2.24) is 0 Å². The third-order valence-corrected chi connectivity index (χ3v) is 3.11. The summed E-state index contributed by atoms with van der Waals surface area (Å²) in [5, 5.41) is 0. The molecule has 0 aromatic heterocycles. The third kappa shape index (κ3) is 1.75. The minimum atomic E-state index is 0.181. The standard InChI is InChI=1S/C12H17NO/c1-8-6-11(8)12(13)9-4-3-5-10(7-9)14-2/h3-5,7-8,11-12H,6,13H2,1-2H3. The largest absolute Gasteiger partial charge is 0.497 e. The lowest BCUT2D eigenvalue weighted by molar-refractivity contribution is 0.413. The van der Waals surface area contributed by atoms with Gasteiger partial charge >= 0.3 is 0 Å². The molecule has 0 radical (unpaired) electrons. The van der Waals surface area contributed by atoms with Crippen LogP contribution in [-0.4, -0.2) is 7.11 Å². The maximum atomic E-state index is 6.16. The monoisotopic (exact) mass is 191 g/mol.